The SMILES string of the molecule is Cc1cccc2c(CN(CCO)CCO)cc(=O)[nH]c12. The van der Waals surface area contributed by atoms with E-state index in [1.165, 1.54) is 0 Å². The number of aromatic nitrogens is 1. The van der Waals surface area contributed by atoms with E-state index in [2.05, 4.69) is 4.98 Å². The number of pyridine rings is 1. The van der Waals surface area contributed by atoms with Gasteiger partial charge in [0.2, 0.25) is 5.56 Å². The minimum atomic E-state index is -0.130. The number of nitrogens with zero attached hydrogens (tertiary/aromatic N) is 1. The third-order valence-electron chi connectivity index (χ3n) is 3.40. The van der Waals surface area contributed by atoms with Gasteiger partial charge in [-0.25, -0.2) is 0 Å². The molecule has 3 N–H and O–H groups in total. The van der Waals surface area contributed by atoms with Crippen LogP contribution in [0.2, 0.25) is 0 Å². The van der Waals surface area contributed by atoms with Crippen LogP contribution in [0.4, 0.5) is 0 Å². The summed E-state index contributed by atoms with van der Waals surface area (Å²) in [5, 5.41) is 19.1. The number of aryl methyl sites for hydroxylation is 1. The summed E-state index contributed by atoms with van der Waals surface area (Å²) in [6, 6.07) is 7.48. The number of fused-ring (bicyclic) bond motifs is 1. The number of aliphatic hydroxyl groups excluding tert-OH is 2. The van der Waals surface area contributed by atoms with Crippen molar-refractivity contribution < 1.29 is 10.2 Å². The second-order valence-electron chi connectivity index (χ2n) is 4.88. The zero-order valence-electron chi connectivity index (χ0n) is 11.6. The van der Waals surface area contributed by atoms with E-state index < -0.39 is 0 Å². The Hall–Kier alpha value is -1.69. The predicted octanol–water partition coefficient (Wildman–Crippen LogP) is 0.623. The van der Waals surface area contributed by atoms with Crippen LogP contribution >= 0.6 is 0 Å². The molecule has 0 fully saturated rings. The van der Waals surface area contributed by atoms with Gasteiger partial charge in [0.05, 0.1) is 18.7 Å². The van der Waals surface area contributed by atoms with Crippen LogP contribution in [0.1, 0.15) is 11.1 Å². The van der Waals surface area contributed by atoms with Gasteiger partial charge in [-0.1, -0.05) is 18.2 Å². The number of H-pyrrole nitrogens is 1. The summed E-state index contributed by atoms with van der Waals surface area (Å²) in [6.07, 6.45) is 0. The van der Waals surface area contributed by atoms with Gasteiger partial charge in [0, 0.05) is 31.1 Å². The fourth-order valence-electron chi connectivity index (χ4n) is 2.42. The zero-order chi connectivity index (χ0) is 14.5. The Labute approximate surface area is 117 Å². The van der Waals surface area contributed by atoms with Crippen LogP contribution in [0.5, 0.6) is 0 Å². The molecular weight excluding hydrogens is 256 g/mol. The van der Waals surface area contributed by atoms with Gasteiger partial charge in [0.1, 0.15) is 0 Å². The van der Waals surface area contributed by atoms with Crippen molar-refractivity contribution in [3.05, 3.63) is 45.7 Å². The first-order valence-electron chi connectivity index (χ1n) is 6.71. The highest BCUT2D eigenvalue weighted by Gasteiger charge is 2.10. The topological polar surface area (TPSA) is 76.6 Å². The second kappa shape index (κ2) is 6.65. The Balaban J connectivity index is 2.42. The van der Waals surface area contributed by atoms with Gasteiger partial charge in [-0.15, -0.1) is 0 Å². The van der Waals surface area contributed by atoms with Gasteiger partial charge < -0.3 is 15.2 Å². The van der Waals surface area contributed by atoms with Gasteiger partial charge in [-0.3, -0.25) is 9.69 Å². The largest absolute Gasteiger partial charge is 0.395 e. The lowest BCUT2D eigenvalue weighted by Gasteiger charge is -2.21. The molecule has 5 heteroatoms. The van der Waals surface area contributed by atoms with E-state index in [-0.39, 0.29) is 18.8 Å². The summed E-state index contributed by atoms with van der Waals surface area (Å²) in [7, 11) is 0. The molecule has 0 bridgehead atoms. The van der Waals surface area contributed by atoms with Crippen LogP contribution in [-0.2, 0) is 6.54 Å². The fourth-order valence-corrected chi connectivity index (χ4v) is 2.42. The molecule has 0 unspecified atom stereocenters. The van der Waals surface area contributed by atoms with E-state index in [4.69, 9.17) is 10.2 Å². The fraction of sp³-hybridized carbons (Fsp3) is 0.400. The lowest BCUT2D eigenvalue weighted by atomic mass is 10.1. The quantitative estimate of drug-likeness (QED) is 0.723. The van der Waals surface area contributed by atoms with Crippen LogP contribution in [-0.4, -0.2) is 46.4 Å². The highest BCUT2D eigenvalue weighted by Crippen LogP contribution is 2.19. The number of nitrogens with one attached hydrogen (secondary N) is 1. The van der Waals surface area contributed by atoms with E-state index in [1.807, 2.05) is 30.0 Å². The molecule has 0 aliphatic rings. The van der Waals surface area contributed by atoms with E-state index in [0.29, 0.717) is 19.6 Å². The first-order chi connectivity index (χ1) is 9.65. The van der Waals surface area contributed by atoms with Gasteiger partial charge >= 0.3 is 0 Å². The lowest BCUT2D eigenvalue weighted by Crippen LogP contribution is -2.30. The van der Waals surface area contributed by atoms with Crippen molar-refractivity contribution in [3.63, 3.8) is 0 Å². The zero-order valence-corrected chi connectivity index (χ0v) is 11.6. The first-order valence-corrected chi connectivity index (χ1v) is 6.71. The van der Waals surface area contributed by atoms with E-state index in [9.17, 15) is 4.79 Å². The Kier molecular flexibility index (Phi) is 4.89. The summed E-state index contributed by atoms with van der Waals surface area (Å²) in [6.45, 7) is 3.49. The Morgan fingerprint density at radius 1 is 1.20 bits per heavy atom. The molecule has 0 atom stereocenters. The minimum absolute atomic E-state index is 0.0279. The van der Waals surface area contributed by atoms with Gasteiger partial charge in [0.25, 0.3) is 0 Å². The number of hydrogen-bond acceptors (Lipinski definition) is 4. The van der Waals surface area contributed by atoms with Gasteiger partial charge in [-0.05, 0) is 18.1 Å². The maximum absolute atomic E-state index is 11.8. The molecule has 1 heterocycles. The van der Waals surface area contributed by atoms with Crippen LogP contribution in [0.15, 0.2) is 29.1 Å². The average molecular weight is 276 g/mol. The molecule has 1 aromatic carbocycles. The predicted molar refractivity (Wildman–Crippen MR) is 78.8 cm³/mol. The Morgan fingerprint density at radius 2 is 1.90 bits per heavy atom. The molecule has 0 saturated heterocycles. The van der Waals surface area contributed by atoms with E-state index in [1.54, 1.807) is 6.07 Å². The smallest absolute Gasteiger partial charge is 0.248 e. The maximum atomic E-state index is 11.8. The molecule has 20 heavy (non-hydrogen) atoms. The van der Waals surface area contributed by atoms with Crippen molar-refractivity contribution in [1.29, 1.82) is 0 Å². The summed E-state index contributed by atoms with van der Waals surface area (Å²) in [4.78, 5) is 16.6. The Morgan fingerprint density at radius 3 is 2.55 bits per heavy atom. The molecule has 2 rings (SSSR count). The molecule has 0 spiro atoms. The normalized spacial score (nSPS) is 11.4. The van der Waals surface area contributed by atoms with Gasteiger partial charge in [0.15, 0.2) is 0 Å². The highest BCUT2D eigenvalue weighted by atomic mass is 16.3. The van der Waals surface area contributed by atoms with E-state index in [0.717, 1.165) is 22.0 Å². The molecule has 0 aliphatic heterocycles. The number of para-hydroxylation sites is 1. The molecule has 0 amide bonds. The molecule has 0 radical (unpaired) electrons. The molecular formula is C15H20N2O3. The van der Waals surface area contributed by atoms with Crippen molar-refractivity contribution in [2.45, 2.75) is 13.5 Å². The lowest BCUT2D eigenvalue weighted by molar-refractivity contribution is 0.156. The highest BCUT2D eigenvalue weighted by molar-refractivity contribution is 5.84. The van der Waals surface area contributed by atoms with Crippen LogP contribution < -0.4 is 5.56 Å². The molecule has 5 nitrogen and oxygen atoms in total. The number of rotatable bonds is 6. The first kappa shape index (κ1) is 14.7. The van der Waals surface area contributed by atoms with Crippen molar-refractivity contribution >= 4 is 10.9 Å². The van der Waals surface area contributed by atoms with Crippen molar-refractivity contribution in [2.24, 2.45) is 0 Å². The third-order valence-corrected chi connectivity index (χ3v) is 3.40. The minimum Gasteiger partial charge on any atom is -0.395 e. The van der Waals surface area contributed by atoms with Crippen LogP contribution in [0.3, 0.4) is 0 Å². The summed E-state index contributed by atoms with van der Waals surface area (Å²) >= 11 is 0. The summed E-state index contributed by atoms with van der Waals surface area (Å²) in [5.41, 5.74) is 2.66. The van der Waals surface area contributed by atoms with Crippen molar-refractivity contribution in [1.82, 2.24) is 9.88 Å². The van der Waals surface area contributed by atoms with Gasteiger partial charge in [-0.2, -0.15) is 0 Å². The standard InChI is InChI=1S/C15H20N2O3/c1-11-3-2-4-13-12(9-14(20)16-15(11)13)10-17(5-7-18)6-8-19/h2-4,9,18-19H,5-8,10H2,1H3,(H,16,20). The summed E-state index contributed by atoms with van der Waals surface area (Å²) in [5.74, 6) is 0. The molecule has 0 aliphatic carbocycles. The van der Waals surface area contributed by atoms with Crippen molar-refractivity contribution in [2.75, 3.05) is 26.3 Å². The molecule has 0 saturated carbocycles. The van der Waals surface area contributed by atoms with Crippen LogP contribution in [0, 0.1) is 6.92 Å². The number of benzene rings is 1. The number of aliphatic hydroxyl groups is 2. The maximum Gasteiger partial charge on any atom is 0.248 e. The monoisotopic (exact) mass is 276 g/mol. The summed E-state index contributed by atoms with van der Waals surface area (Å²) < 4.78 is 0. The second-order valence-corrected chi connectivity index (χ2v) is 4.88. The van der Waals surface area contributed by atoms with Crippen LogP contribution in [0.25, 0.3) is 10.9 Å². The number of hydrogen-bond donors (Lipinski definition) is 3. The van der Waals surface area contributed by atoms with Crippen molar-refractivity contribution in [3.8, 4) is 0 Å². The third kappa shape index (κ3) is 3.25. The van der Waals surface area contributed by atoms with E-state index >= 15 is 0 Å². The average Bonchev–Trinajstić information content (AvgIpc) is 2.40. The molecule has 108 valence electrons. The Bertz CT molecular complexity index is 631. The number of aromatic amines is 1. The molecule has 1 aromatic heterocycles. The molecule has 2 aromatic rings.